The van der Waals surface area contributed by atoms with Crippen LogP contribution in [-0.4, -0.2) is 51.6 Å². The van der Waals surface area contributed by atoms with Crippen molar-refractivity contribution in [3.8, 4) is 0 Å². The molecule has 0 atom stereocenters. The molecule has 3 aromatic carbocycles. The molecule has 0 bridgehead atoms. The van der Waals surface area contributed by atoms with Gasteiger partial charge in [-0.25, -0.2) is 0 Å². The lowest BCUT2D eigenvalue weighted by Crippen LogP contribution is -2.26. The number of hydrogen-bond acceptors (Lipinski definition) is 5. The van der Waals surface area contributed by atoms with Crippen LogP contribution in [0.5, 0.6) is 0 Å². The molecule has 0 heterocycles. The number of anilines is 3. The number of carbonyl (C=O) groups is 3. The van der Waals surface area contributed by atoms with Crippen molar-refractivity contribution in [3.63, 3.8) is 0 Å². The van der Waals surface area contributed by atoms with E-state index in [0.717, 1.165) is 12.1 Å². The van der Waals surface area contributed by atoms with Crippen LogP contribution >= 0.6 is 0 Å². The fraction of sp³-hybridized carbons (Fsp3) is 0.222. The lowest BCUT2D eigenvalue weighted by atomic mass is 10.1. The van der Waals surface area contributed by atoms with Gasteiger partial charge in [-0.3, -0.25) is 14.4 Å². The summed E-state index contributed by atoms with van der Waals surface area (Å²) in [5, 5.41) is 8.65. The van der Waals surface area contributed by atoms with Crippen LogP contribution in [0.4, 0.5) is 17.1 Å². The summed E-state index contributed by atoms with van der Waals surface area (Å²) in [6, 6.07) is 23.1. The van der Waals surface area contributed by atoms with Crippen LogP contribution in [0.3, 0.4) is 0 Å². The standard InChI is InChI=1S/C27H30N4O4/c1-31(24-10-4-3-5-11-24)27(34)21-8-6-9-23(18-21)29-19-25(32)30-22-14-12-20(13-15-22)26(33)28-16-7-17-35-2/h3-6,8-15,18,29H,7,16-17,19H2,1-2H3,(H,28,33)(H,30,32). The average molecular weight is 475 g/mol. The molecule has 0 aromatic heterocycles. The van der Waals surface area contributed by atoms with Crippen molar-refractivity contribution >= 4 is 34.8 Å². The first kappa shape index (κ1) is 25.5. The maximum Gasteiger partial charge on any atom is 0.258 e. The molecule has 0 aliphatic rings. The minimum atomic E-state index is -0.250. The van der Waals surface area contributed by atoms with E-state index in [1.165, 1.54) is 0 Å². The third-order valence-electron chi connectivity index (χ3n) is 5.25. The third kappa shape index (κ3) is 7.68. The number of rotatable bonds is 11. The van der Waals surface area contributed by atoms with E-state index in [-0.39, 0.29) is 24.3 Å². The van der Waals surface area contributed by atoms with Gasteiger partial charge < -0.3 is 25.6 Å². The van der Waals surface area contributed by atoms with Crippen LogP contribution in [0.1, 0.15) is 27.1 Å². The highest BCUT2D eigenvalue weighted by Crippen LogP contribution is 2.17. The molecular formula is C27H30N4O4. The maximum absolute atomic E-state index is 12.8. The normalized spacial score (nSPS) is 10.3. The van der Waals surface area contributed by atoms with Gasteiger partial charge in [0.2, 0.25) is 5.91 Å². The zero-order chi connectivity index (χ0) is 25.0. The zero-order valence-corrected chi connectivity index (χ0v) is 19.9. The Balaban J connectivity index is 1.50. The van der Waals surface area contributed by atoms with Crippen molar-refractivity contribution in [2.45, 2.75) is 6.42 Å². The molecule has 35 heavy (non-hydrogen) atoms. The highest BCUT2D eigenvalue weighted by molar-refractivity contribution is 6.06. The highest BCUT2D eigenvalue weighted by atomic mass is 16.5. The molecule has 0 unspecified atom stereocenters. The molecule has 0 fully saturated rings. The second kappa shape index (κ2) is 12.9. The number of carbonyl (C=O) groups excluding carboxylic acids is 3. The molecule has 3 rings (SSSR count). The molecular weight excluding hydrogens is 444 g/mol. The second-order valence-electron chi connectivity index (χ2n) is 7.86. The minimum Gasteiger partial charge on any atom is -0.385 e. The molecule has 0 radical (unpaired) electrons. The Labute approximate surface area is 205 Å². The van der Waals surface area contributed by atoms with Gasteiger partial charge in [0.05, 0.1) is 6.54 Å². The van der Waals surface area contributed by atoms with Crippen LogP contribution in [0.15, 0.2) is 78.9 Å². The fourth-order valence-corrected chi connectivity index (χ4v) is 3.34. The summed E-state index contributed by atoms with van der Waals surface area (Å²) in [6.45, 7) is 1.14. The molecule has 0 saturated heterocycles. The average Bonchev–Trinajstić information content (AvgIpc) is 2.90. The van der Waals surface area contributed by atoms with E-state index in [2.05, 4.69) is 16.0 Å². The highest BCUT2D eigenvalue weighted by Gasteiger charge is 2.14. The Hall–Kier alpha value is -4.17. The first-order valence-electron chi connectivity index (χ1n) is 11.3. The topological polar surface area (TPSA) is 99.8 Å². The van der Waals surface area contributed by atoms with Gasteiger partial charge in [0.1, 0.15) is 0 Å². The van der Waals surface area contributed by atoms with Crippen molar-refractivity contribution < 1.29 is 19.1 Å². The van der Waals surface area contributed by atoms with Crippen molar-refractivity contribution in [2.75, 3.05) is 49.4 Å². The smallest absolute Gasteiger partial charge is 0.258 e. The third-order valence-corrected chi connectivity index (χ3v) is 5.25. The quantitative estimate of drug-likeness (QED) is 0.367. The van der Waals surface area contributed by atoms with E-state index in [1.807, 2.05) is 30.3 Å². The Bertz CT molecular complexity index is 1130. The number of nitrogens with zero attached hydrogens (tertiary/aromatic N) is 1. The molecule has 0 spiro atoms. The summed E-state index contributed by atoms with van der Waals surface area (Å²) >= 11 is 0. The van der Waals surface area contributed by atoms with Crippen LogP contribution in [-0.2, 0) is 9.53 Å². The van der Waals surface area contributed by atoms with E-state index in [1.54, 1.807) is 67.6 Å². The number of amides is 3. The van der Waals surface area contributed by atoms with Gasteiger partial charge in [0.15, 0.2) is 0 Å². The maximum atomic E-state index is 12.8. The number of nitrogens with one attached hydrogen (secondary N) is 3. The number of benzene rings is 3. The van der Waals surface area contributed by atoms with E-state index in [4.69, 9.17) is 4.74 Å². The van der Waals surface area contributed by atoms with Gasteiger partial charge in [0.25, 0.3) is 11.8 Å². The first-order chi connectivity index (χ1) is 17.0. The molecule has 8 heteroatoms. The molecule has 0 saturated carbocycles. The molecule has 8 nitrogen and oxygen atoms in total. The number of para-hydroxylation sites is 1. The summed E-state index contributed by atoms with van der Waals surface area (Å²) in [5.41, 5.74) is 3.07. The predicted molar refractivity (Wildman–Crippen MR) is 138 cm³/mol. The fourth-order valence-electron chi connectivity index (χ4n) is 3.34. The van der Waals surface area contributed by atoms with Crippen molar-refractivity contribution in [1.29, 1.82) is 0 Å². The molecule has 3 amide bonds. The number of hydrogen-bond donors (Lipinski definition) is 3. The largest absolute Gasteiger partial charge is 0.385 e. The summed E-state index contributed by atoms with van der Waals surface area (Å²) < 4.78 is 4.96. The van der Waals surface area contributed by atoms with Crippen molar-refractivity contribution in [1.82, 2.24) is 5.32 Å². The van der Waals surface area contributed by atoms with Crippen LogP contribution in [0.25, 0.3) is 0 Å². The molecule has 3 N–H and O–H groups in total. The van der Waals surface area contributed by atoms with Gasteiger partial charge in [-0.15, -0.1) is 0 Å². The van der Waals surface area contributed by atoms with Gasteiger partial charge in [-0.1, -0.05) is 24.3 Å². The first-order valence-corrected chi connectivity index (χ1v) is 11.3. The Morgan fingerprint density at radius 1 is 0.857 bits per heavy atom. The molecule has 0 aliphatic heterocycles. The molecule has 182 valence electrons. The van der Waals surface area contributed by atoms with Crippen molar-refractivity contribution in [2.24, 2.45) is 0 Å². The number of ether oxygens (including phenoxy) is 1. The van der Waals surface area contributed by atoms with Crippen molar-refractivity contribution in [3.05, 3.63) is 90.0 Å². The van der Waals surface area contributed by atoms with Crippen LogP contribution in [0.2, 0.25) is 0 Å². The molecule has 3 aromatic rings. The summed E-state index contributed by atoms with van der Waals surface area (Å²) in [6.07, 6.45) is 0.740. The predicted octanol–water partition coefficient (Wildman–Crippen LogP) is 3.78. The van der Waals surface area contributed by atoms with E-state index < -0.39 is 0 Å². The SMILES string of the molecule is COCCCNC(=O)c1ccc(NC(=O)CNc2cccc(C(=O)N(C)c3ccccc3)c2)cc1. The van der Waals surface area contributed by atoms with Gasteiger partial charge >= 0.3 is 0 Å². The zero-order valence-electron chi connectivity index (χ0n) is 19.9. The summed E-state index contributed by atoms with van der Waals surface area (Å²) in [5.74, 6) is -0.569. The summed E-state index contributed by atoms with van der Waals surface area (Å²) in [4.78, 5) is 38.9. The lowest BCUT2D eigenvalue weighted by Gasteiger charge is -2.18. The Kier molecular flexibility index (Phi) is 9.39. The van der Waals surface area contributed by atoms with Gasteiger partial charge in [0, 0.05) is 55.5 Å². The Morgan fingerprint density at radius 3 is 2.31 bits per heavy atom. The second-order valence-corrected chi connectivity index (χ2v) is 7.86. The Morgan fingerprint density at radius 2 is 1.60 bits per heavy atom. The van der Waals surface area contributed by atoms with Gasteiger partial charge in [-0.05, 0) is 61.0 Å². The minimum absolute atomic E-state index is 0.0217. The number of methoxy groups -OCH3 is 1. The lowest BCUT2D eigenvalue weighted by molar-refractivity contribution is -0.114. The monoisotopic (exact) mass is 474 g/mol. The molecule has 0 aliphatic carbocycles. The van der Waals surface area contributed by atoms with Gasteiger partial charge in [-0.2, -0.15) is 0 Å². The summed E-state index contributed by atoms with van der Waals surface area (Å²) in [7, 11) is 3.34. The van der Waals surface area contributed by atoms with E-state index in [0.29, 0.717) is 35.7 Å². The van der Waals surface area contributed by atoms with Crippen LogP contribution < -0.4 is 20.9 Å². The van der Waals surface area contributed by atoms with E-state index >= 15 is 0 Å². The van der Waals surface area contributed by atoms with E-state index in [9.17, 15) is 14.4 Å². The van der Waals surface area contributed by atoms with Crippen LogP contribution in [0, 0.1) is 0 Å².